The maximum atomic E-state index is 12.3. The van der Waals surface area contributed by atoms with Gasteiger partial charge in [0.25, 0.3) is 0 Å². The van der Waals surface area contributed by atoms with Gasteiger partial charge in [-0.3, -0.25) is 4.21 Å². The zero-order valence-corrected chi connectivity index (χ0v) is 12.7. The normalized spacial score (nSPS) is 12.9. The summed E-state index contributed by atoms with van der Waals surface area (Å²) in [6.45, 7) is 0. The topological polar surface area (TPSA) is 108 Å². The molecule has 0 saturated heterocycles. The van der Waals surface area contributed by atoms with Gasteiger partial charge in [-0.15, -0.1) is 5.10 Å². The molecule has 1 unspecified atom stereocenters. The van der Waals surface area contributed by atoms with Crippen LogP contribution in [0.2, 0.25) is 0 Å². The number of para-hydroxylation sites is 2. The van der Waals surface area contributed by atoms with E-state index < -0.39 is 16.5 Å². The number of hydrogen-bond acceptors (Lipinski definition) is 7. The van der Waals surface area contributed by atoms with E-state index in [0.29, 0.717) is 16.8 Å². The van der Waals surface area contributed by atoms with Gasteiger partial charge in [0.15, 0.2) is 16.9 Å². The molecule has 23 heavy (non-hydrogen) atoms. The Labute approximate surface area is 131 Å². The minimum absolute atomic E-state index is 0.0296. The molecule has 0 aliphatic heterocycles. The third-order valence-electron chi connectivity index (χ3n) is 3.22. The van der Waals surface area contributed by atoms with Crippen molar-refractivity contribution in [3.63, 3.8) is 0 Å². The molecule has 4 rings (SSSR count). The van der Waals surface area contributed by atoms with Gasteiger partial charge in [-0.05, 0) is 12.1 Å². The Morgan fingerprint density at radius 2 is 2.13 bits per heavy atom. The Hall–Kier alpha value is -2.88. The number of oxazole rings is 1. The standard InChI is InChI=1S/C13H10N6O3S/c1-23(21)7-19-13(20)18-6-14-10(11(18)16-17-19)12-15-8-4-2-3-5-9(8)22-12/h2-6H,7H2,1H3. The second-order valence-corrected chi connectivity index (χ2v) is 6.25. The summed E-state index contributed by atoms with van der Waals surface area (Å²) in [4.78, 5) is 20.8. The Balaban J connectivity index is 1.90. The van der Waals surface area contributed by atoms with Crippen LogP contribution in [0.3, 0.4) is 0 Å². The molecule has 3 heterocycles. The van der Waals surface area contributed by atoms with Gasteiger partial charge >= 0.3 is 5.69 Å². The van der Waals surface area contributed by atoms with Crippen molar-refractivity contribution in [2.24, 2.45) is 0 Å². The number of hydrogen-bond donors (Lipinski definition) is 0. The summed E-state index contributed by atoms with van der Waals surface area (Å²) < 4.78 is 19.2. The van der Waals surface area contributed by atoms with E-state index in [9.17, 15) is 9.00 Å². The number of fused-ring (bicyclic) bond motifs is 2. The first kappa shape index (κ1) is 13.8. The Morgan fingerprint density at radius 1 is 1.30 bits per heavy atom. The van der Waals surface area contributed by atoms with Crippen molar-refractivity contribution in [2.45, 2.75) is 5.88 Å². The van der Waals surface area contributed by atoms with E-state index in [2.05, 4.69) is 20.3 Å². The average Bonchev–Trinajstić information content (AvgIpc) is 3.13. The molecular weight excluding hydrogens is 320 g/mol. The Bertz CT molecular complexity index is 1080. The van der Waals surface area contributed by atoms with Gasteiger partial charge in [0, 0.05) is 17.1 Å². The maximum Gasteiger partial charge on any atom is 0.353 e. The zero-order chi connectivity index (χ0) is 16.0. The van der Waals surface area contributed by atoms with Crippen molar-refractivity contribution in [1.82, 2.24) is 29.4 Å². The highest BCUT2D eigenvalue weighted by Gasteiger charge is 2.18. The lowest BCUT2D eigenvalue weighted by Crippen LogP contribution is -2.30. The molecule has 0 saturated carbocycles. The lowest BCUT2D eigenvalue weighted by atomic mass is 10.3. The number of rotatable bonds is 3. The summed E-state index contributed by atoms with van der Waals surface area (Å²) in [5, 5.41) is 7.77. The van der Waals surface area contributed by atoms with Crippen LogP contribution < -0.4 is 5.69 Å². The average molecular weight is 330 g/mol. The number of aromatic nitrogens is 6. The smallest absolute Gasteiger partial charge is 0.353 e. The lowest BCUT2D eigenvalue weighted by Gasteiger charge is -2.00. The van der Waals surface area contributed by atoms with Gasteiger partial charge in [0.05, 0.1) is 0 Å². The van der Waals surface area contributed by atoms with Crippen molar-refractivity contribution in [2.75, 3.05) is 6.26 Å². The summed E-state index contributed by atoms with van der Waals surface area (Å²) in [6.07, 6.45) is 2.81. The molecule has 4 aromatic rings. The lowest BCUT2D eigenvalue weighted by molar-refractivity contribution is 0.582. The van der Waals surface area contributed by atoms with Crippen LogP contribution in [0, 0.1) is 0 Å². The van der Waals surface area contributed by atoms with Crippen LogP contribution in [-0.2, 0) is 16.7 Å². The van der Waals surface area contributed by atoms with Crippen molar-refractivity contribution < 1.29 is 8.63 Å². The van der Waals surface area contributed by atoms with Crippen LogP contribution in [-0.4, -0.2) is 39.8 Å². The molecule has 0 aliphatic rings. The van der Waals surface area contributed by atoms with Gasteiger partial charge < -0.3 is 4.42 Å². The molecule has 0 spiro atoms. The molecular formula is C13H10N6O3S. The Morgan fingerprint density at radius 3 is 2.91 bits per heavy atom. The third-order valence-corrected chi connectivity index (χ3v) is 3.83. The fourth-order valence-corrected chi connectivity index (χ4v) is 2.72. The number of nitrogens with zero attached hydrogens (tertiary/aromatic N) is 6. The van der Waals surface area contributed by atoms with Crippen LogP contribution >= 0.6 is 0 Å². The monoisotopic (exact) mass is 330 g/mol. The van der Waals surface area contributed by atoms with Gasteiger partial charge in [0.1, 0.15) is 17.7 Å². The van der Waals surface area contributed by atoms with Gasteiger partial charge in [0.2, 0.25) is 5.89 Å². The van der Waals surface area contributed by atoms with E-state index in [1.54, 1.807) is 6.07 Å². The van der Waals surface area contributed by atoms with E-state index in [0.717, 1.165) is 4.68 Å². The van der Waals surface area contributed by atoms with Crippen LogP contribution in [0.15, 0.2) is 39.8 Å². The molecule has 0 N–H and O–H groups in total. The first-order valence-corrected chi connectivity index (χ1v) is 8.33. The molecule has 1 atom stereocenters. The van der Waals surface area contributed by atoms with Crippen molar-refractivity contribution in [3.8, 4) is 11.6 Å². The largest absolute Gasteiger partial charge is 0.435 e. The van der Waals surface area contributed by atoms with Crippen molar-refractivity contribution >= 4 is 27.5 Å². The fourth-order valence-electron chi connectivity index (χ4n) is 2.21. The van der Waals surface area contributed by atoms with Crippen molar-refractivity contribution in [1.29, 1.82) is 0 Å². The second kappa shape index (κ2) is 5.09. The Kier molecular flexibility index (Phi) is 3.05. The maximum absolute atomic E-state index is 12.3. The molecule has 1 aromatic carbocycles. The third kappa shape index (κ3) is 2.23. The summed E-state index contributed by atoms with van der Waals surface area (Å²) >= 11 is 0. The van der Waals surface area contributed by atoms with E-state index >= 15 is 0 Å². The first-order chi connectivity index (χ1) is 11.1. The fraction of sp³-hybridized carbons (Fsp3) is 0.154. The van der Waals surface area contributed by atoms with Crippen LogP contribution in [0.1, 0.15) is 0 Å². The van der Waals surface area contributed by atoms with E-state index in [1.807, 2.05) is 18.2 Å². The van der Waals surface area contributed by atoms with Gasteiger partial charge in [-0.1, -0.05) is 17.3 Å². The molecule has 0 aliphatic carbocycles. The summed E-state index contributed by atoms with van der Waals surface area (Å²) in [7, 11) is -1.21. The second-order valence-electron chi connectivity index (χ2n) is 4.85. The van der Waals surface area contributed by atoms with E-state index in [4.69, 9.17) is 4.42 Å². The molecule has 0 radical (unpaired) electrons. The van der Waals surface area contributed by atoms with E-state index in [-0.39, 0.29) is 17.4 Å². The summed E-state index contributed by atoms with van der Waals surface area (Å²) in [6, 6.07) is 7.30. The number of benzene rings is 1. The summed E-state index contributed by atoms with van der Waals surface area (Å²) in [5.41, 5.74) is 1.40. The minimum Gasteiger partial charge on any atom is -0.435 e. The molecule has 116 valence electrons. The summed E-state index contributed by atoms with van der Waals surface area (Å²) in [5.74, 6) is 0.234. The first-order valence-electron chi connectivity index (χ1n) is 6.60. The van der Waals surface area contributed by atoms with E-state index in [1.165, 1.54) is 17.0 Å². The molecule has 9 nitrogen and oxygen atoms in total. The van der Waals surface area contributed by atoms with Crippen LogP contribution in [0.25, 0.3) is 28.3 Å². The molecule has 3 aromatic heterocycles. The highest BCUT2D eigenvalue weighted by atomic mass is 32.2. The van der Waals surface area contributed by atoms with Crippen LogP contribution in [0.4, 0.5) is 0 Å². The quantitative estimate of drug-likeness (QED) is 0.536. The SMILES string of the molecule is CS(=O)Cn1nnc2c(-c3nc4ccccc4o3)ncn2c1=O. The molecule has 0 bridgehead atoms. The molecule has 10 heteroatoms. The minimum atomic E-state index is -1.21. The number of imidazole rings is 1. The van der Waals surface area contributed by atoms with Gasteiger partial charge in [-0.25, -0.2) is 19.2 Å². The molecule has 0 fully saturated rings. The van der Waals surface area contributed by atoms with Gasteiger partial charge in [-0.2, -0.15) is 4.68 Å². The zero-order valence-electron chi connectivity index (χ0n) is 11.9. The molecule has 0 amide bonds. The highest BCUT2D eigenvalue weighted by molar-refractivity contribution is 7.83. The van der Waals surface area contributed by atoms with Crippen molar-refractivity contribution in [3.05, 3.63) is 41.1 Å². The predicted octanol–water partition coefficient (Wildman–Crippen LogP) is 0.430. The highest BCUT2D eigenvalue weighted by Crippen LogP contribution is 2.24. The predicted molar refractivity (Wildman–Crippen MR) is 82.1 cm³/mol. The van der Waals surface area contributed by atoms with Crippen LogP contribution in [0.5, 0.6) is 0 Å².